The van der Waals surface area contributed by atoms with Gasteiger partial charge in [-0.3, -0.25) is 14.1 Å². The number of phosphoric ester groups is 1. The van der Waals surface area contributed by atoms with Crippen molar-refractivity contribution >= 4 is 19.8 Å². The molecule has 0 aliphatic carbocycles. The van der Waals surface area contributed by atoms with E-state index in [2.05, 4.69) is 23.6 Å². The van der Waals surface area contributed by atoms with Crippen LogP contribution in [0.4, 0.5) is 0 Å². The highest BCUT2D eigenvalue weighted by atomic mass is 31.2. The van der Waals surface area contributed by atoms with E-state index < -0.39 is 32.5 Å². The van der Waals surface area contributed by atoms with Crippen LogP contribution in [0.2, 0.25) is 0 Å². The molecule has 0 rings (SSSR count). The van der Waals surface area contributed by atoms with Crippen LogP contribution in [-0.4, -0.2) is 41.0 Å². The van der Waals surface area contributed by atoms with Crippen molar-refractivity contribution in [2.45, 2.75) is 123 Å². The maximum atomic E-state index is 12.1. The fourth-order valence-electron chi connectivity index (χ4n) is 3.34. The number of hydrogen-bond donors (Lipinski definition) is 2. The second kappa shape index (κ2) is 22.3. The summed E-state index contributed by atoms with van der Waals surface area (Å²) in [5.41, 5.74) is 0. The van der Waals surface area contributed by atoms with E-state index in [0.717, 1.165) is 32.1 Å². The van der Waals surface area contributed by atoms with Crippen molar-refractivity contribution in [2.24, 2.45) is 0 Å². The Balaban J connectivity index is 3.87. The van der Waals surface area contributed by atoms with Crippen molar-refractivity contribution < 1.29 is 37.9 Å². The van der Waals surface area contributed by atoms with Gasteiger partial charge in [-0.2, -0.15) is 0 Å². The smallest absolute Gasteiger partial charge is 0.462 e. The Bertz CT molecular complexity index is 587. The highest BCUT2D eigenvalue weighted by Crippen LogP contribution is 2.35. The Morgan fingerprint density at radius 2 is 1.29 bits per heavy atom. The van der Waals surface area contributed by atoms with Gasteiger partial charge in [0, 0.05) is 12.8 Å². The molecular weight excluding hydrogens is 459 g/mol. The summed E-state index contributed by atoms with van der Waals surface area (Å²) in [7, 11) is -4.71. The summed E-state index contributed by atoms with van der Waals surface area (Å²) in [6.45, 7) is 3.23. The number of carbonyl (C=O) groups is 2. The number of esters is 2. The largest absolute Gasteiger partial charge is 0.469 e. The Kier molecular flexibility index (Phi) is 21.5. The van der Waals surface area contributed by atoms with Crippen molar-refractivity contribution in [3.63, 3.8) is 0 Å². The molecule has 0 aromatic rings. The average molecular weight is 507 g/mol. The van der Waals surface area contributed by atoms with E-state index >= 15 is 0 Å². The topological polar surface area (TPSA) is 119 Å². The van der Waals surface area contributed by atoms with E-state index in [1.54, 1.807) is 0 Å². The van der Waals surface area contributed by atoms with Crippen molar-refractivity contribution in [2.75, 3.05) is 13.2 Å². The van der Waals surface area contributed by atoms with Crippen LogP contribution in [0, 0.1) is 0 Å². The number of rotatable bonds is 23. The quantitative estimate of drug-likeness (QED) is 0.0708. The fourth-order valence-corrected chi connectivity index (χ4v) is 3.70. The van der Waals surface area contributed by atoms with E-state index in [1.807, 2.05) is 6.92 Å². The van der Waals surface area contributed by atoms with Crippen molar-refractivity contribution in [1.29, 1.82) is 0 Å². The minimum Gasteiger partial charge on any atom is -0.462 e. The number of carbonyl (C=O) groups excluding carboxylic acids is 2. The summed E-state index contributed by atoms with van der Waals surface area (Å²) in [4.78, 5) is 41.3. The molecule has 0 aliphatic rings. The van der Waals surface area contributed by atoms with Crippen LogP contribution in [0.3, 0.4) is 0 Å². The van der Waals surface area contributed by atoms with Gasteiger partial charge >= 0.3 is 19.8 Å². The number of phosphoric acid groups is 1. The standard InChI is InChI=1S/C25H47O8P/c1-3-5-6-7-8-9-10-11-12-13-14-15-16-17-18-20-25(27)33-23(22-32-34(28,29)30)21-31-24(26)19-4-2/h11-12,23H,3-10,13-22H2,1-2H3,(H2,28,29,30)/b12-11+/t23-/m0/s1. The maximum absolute atomic E-state index is 12.1. The van der Waals surface area contributed by atoms with Gasteiger partial charge in [0.05, 0.1) is 6.61 Å². The second-order valence-electron chi connectivity index (χ2n) is 8.67. The van der Waals surface area contributed by atoms with Gasteiger partial charge in [-0.15, -0.1) is 0 Å². The van der Waals surface area contributed by atoms with Crippen LogP contribution < -0.4 is 0 Å². The first-order chi connectivity index (χ1) is 16.3. The zero-order valence-electron chi connectivity index (χ0n) is 21.3. The lowest BCUT2D eigenvalue weighted by molar-refractivity contribution is -0.161. The molecule has 0 heterocycles. The molecule has 9 heteroatoms. The minimum atomic E-state index is -4.71. The number of hydrogen-bond acceptors (Lipinski definition) is 6. The van der Waals surface area contributed by atoms with Crippen molar-refractivity contribution in [3.8, 4) is 0 Å². The van der Waals surface area contributed by atoms with Gasteiger partial charge in [0.1, 0.15) is 6.61 Å². The summed E-state index contributed by atoms with van der Waals surface area (Å²) in [5, 5.41) is 0. The molecule has 2 N–H and O–H groups in total. The van der Waals surface area contributed by atoms with Gasteiger partial charge in [-0.25, -0.2) is 4.57 Å². The molecule has 0 unspecified atom stereocenters. The monoisotopic (exact) mass is 506 g/mol. The van der Waals surface area contributed by atoms with Gasteiger partial charge in [-0.1, -0.05) is 77.4 Å². The van der Waals surface area contributed by atoms with Gasteiger partial charge in [0.15, 0.2) is 6.10 Å². The molecule has 0 saturated heterocycles. The Morgan fingerprint density at radius 3 is 1.85 bits per heavy atom. The molecule has 0 spiro atoms. The van der Waals surface area contributed by atoms with Gasteiger partial charge in [0.2, 0.25) is 0 Å². The molecule has 200 valence electrons. The third-order valence-corrected chi connectivity index (χ3v) is 5.74. The van der Waals surface area contributed by atoms with E-state index in [0.29, 0.717) is 12.8 Å². The van der Waals surface area contributed by atoms with Crippen LogP contribution in [0.15, 0.2) is 12.2 Å². The third-order valence-electron chi connectivity index (χ3n) is 5.25. The highest BCUT2D eigenvalue weighted by Gasteiger charge is 2.22. The molecule has 0 radical (unpaired) electrons. The predicted octanol–water partition coefficient (Wildman–Crippen LogP) is 6.39. The van der Waals surface area contributed by atoms with Gasteiger partial charge < -0.3 is 19.3 Å². The van der Waals surface area contributed by atoms with Crippen LogP contribution >= 0.6 is 7.82 Å². The van der Waals surface area contributed by atoms with E-state index in [4.69, 9.17) is 19.3 Å². The number of unbranched alkanes of at least 4 members (excludes halogenated alkanes) is 11. The van der Waals surface area contributed by atoms with Crippen LogP contribution in [0.1, 0.15) is 117 Å². The molecular formula is C25H47O8P. The molecule has 0 fully saturated rings. The lowest BCUT2D eigenvalue weighted by atomic mass is 10.1. The van der Waals surface area contributed by atoms with E-state index in [-0.39, 0.29) is 19.4 Å². The molecule has 0 amide bonds. The molecule has 1 atom stereocenters. The van der Waals surface area contributed by atoms with Crippen molar-refractivity contribution in [3.05, 3.63) is 12.2 Å². The van der Waals surface area contributed by atoms with E-state index in [9.17, 15) is 14.2 Å². The average Bonchev–Trinajstić information content (AvgIpc) is 2.78. The summed E-state index contributed by atoms with van der Waals surface area (Å²) < 4.78 is 25.5. The van der Waals surface area contributed by atoms with Crippen LogP contribution in [-0.2, 0) is 28.2 Å². The fraction of sp³-hybridized carbons (Fsp3) is 0.840. The van der Waals surface area contributed by atoms with Crippen LogP contribution in [0.5, 0.6) is 0 Å². The molecule has 0 aromatic heterocycles. The maximum Gasteiger partial charge on any atom is 0.469 e. The third kappa shape index (κ3) is 23.9. The van der Waals surface area contributed by atoms with E-state index in [1.165, 1.54) is 44.9 Å². The lowest BCUT2D eigenvalue weighted by Gasteiger charge is -2.18. The van der Waals surface area contributed by atoms with Gasteiger partial charge in [0.25, 0.3) is 0 Å². The Morgan fingerprint density at radius 1 is 0.735 bits per heavy atom. The SMILES string of the molecule is CCCCCCCC/C=C/CCCCCCCC(=O)O[C@@H](COC(=O)CCC)COP(=O)(O)O. The summed E-state index contributed by atoms with van der Waals surface area (Å²) >= 11 is 0. The summed E-state index contributed by atoms with van der Waals surface area (Å²) in [6.07, 6.45) is 19.6. The highest BCUT2D eigenvalue weighted by molar-refractivity contribution is 7.46. The zero-order chi connectivity index (χ0) is 25.5. The first-order valence-electron chi connectivity index (χ1n) is 13.0. The summed E-state index contributed by atoms with van der Waals surface area (Å²) in [5.74, 6) is -0.958. The number of ether oxygens (including phenoxy) is 2. The van der Waals surface area contributed by atoms with Crippen molar-refractivity contribution in [1.82, 2.24) is 0 Å². The zero-order valence-corrected chi connectivity index (χ0v) is 22.1. The Hall–Kier alpha value is -1.21. The molecule has 0 saturated carbocycles. The first kappa shape index (κ1) is 32.8. The minimum absolute atomic E-state index is 0.202. The van der Waals surface area contributed by atoms with Gasteiger partial charge in [-0.05, 0) is 38.5 Å². The molecule has 0 aliphatic heterocycles. The molecule has 34 heavy (non-hydrogen) atoms. The normalized spacial score (nSPS) is 12.7. The lowest BCUT2D eigenvalue weighted by Crippen LogP contribution is -2.29. The molecule has 8 nitrogen and oxygen atoms in total. The molecule has 0 aromatic carbocycles. The Labute approximate surface area is 206 Å². The van der Waals surface area contributed by atoms with Crippen LogP contribution in [0.25, 0.3) is 0 Å². The first-order valence-corrected chi connectivity index (χ1v) is 14.5. The second-order valence-corrected chi connectivity index (χ2v) is 9.90. The summed E-state index contributed by atoms with van der Waals surface area (Å²) in [6, 6.07) is 0. The number of allylic oxidation sites excluding steroid dienone is 2. The predicted molar refractivity (Wildman–Crippen MR) is 133 cm³/mol. The molecule has 0 bridgehead atoms.